The molecule has 2 heterocycles. The van der Waals surface area contributed by atoms with Gasteiger partial charge < -0.3 is 9.47 Å². The van der Waals surface area contributed by atoms with Gasteiger partial charge >= 0.3 is 0 Å². The predicted molar refractivity (Wildman–Crippen MR) is 110 cm³/mol. The first-order chi connectivity index (χ1) is 13.3. The summed E-state index contributed by atoms with van der Waals surface area (Å²) in [7, 11) is 1.66. The molecule has 1 N–H and O–H groups in total. The topological polar surface area (TPSA) is 55.2 Å². The third-order valence-electron chi connectivity index (χ3n) is 4.16. The Kier molecular flexibility index (Phi) is 4.89. The van der Waals surface area contributed by atoms with Crippen LogP contribution in [0.1, 0.15) is 22.9 Å². The monoisotopic (exact) mass is 377 g/mol. The molecule has 1 aromatic heterocycles. The van der Waals surface area contributed by atoms with Gasteiger partial charge in [-0.2, -0.15) is 5.10 Å². The Balaban J connectivity index is 1.81. The maximum absolute atomic E-state index is 5.55. The van der Waals surface area contributed by atoms with E-state index in [1.165, 1.54) is 0 Å². The minimum atomic E-state index is 0.639. The quantitative estimate of drug-likeness (QED) is 0.708. The number of rotatable bonds is 5. The number of amidine groups is 1. The lowest BCUT2D eigenvalue weighted by Crippen LogP contribution is -2.18. The SMILES string of the molecule is CCOc1ccc(C2=NNC(c3cccs3)=Nc3ccc(OC)cc32)cc1. The first-order valence-corrected chi connectivity index (χ1v) is 9.54. The molecule has 0 spiro atoms. The average Bonchev–Trinajstić information content (AvgIpc) is 3.17. The van der Waals surface area contributed by atoms with Gasteiger partial charge in [-0.3, -0.25) is 5.43 Å². The lowest BCUT2D eigenvalue weighted by Gasteiger charge is -2.10. The summed E-state index contributed by atoms with van der Waals surface area (Å²) in [6, 6.07) is 17.8. The third-order valence-corrected chi connectivity index (χ3v) is 5.03. The molecule has 136 valence electrons. The molecule has 3 aromatic rings. The first kappa shape index (κ1) is 17.3. The standard InChI is InChI=1S/C21H19N3O2S/c1-3-26-15-8-6-14(7-9-15)20-17-13-16(25-2)10-11-18(17)22-21(24-23-20)19-5-4-12-27-19/h4-13H,3H2,1-2H3,(H,22,24). The van der Waals surface area contributed by atoms with Crippen LogP contribution in [0.4, 0.5) is 5.69 Å². The van der Waals surface area contributed by atoms with Crippen molar-refractivity contribution in [3.05, 3.63) is 76.0 Å². The molecule has 0 bridgehead atoms. The molecule has 0 aliphatic carbocycles. The summed E-state index contributed by atoms with van der Waals surface area (Å²) >= 11 is 1.62. The molecule has 6 heteroatoms. The van der Waals surface area contributed by atoms with Gasteiger partial charge in [0.2, 0.25) is 0 Å². The highest BCUT2D eigenvalue weighted by Crippen LogP contribution is 2.30. The van der Waals surface area contributed by atoms with Gasteiger partial charge in [-0.25, -0.2) is 4.99 Å². The van der Waals surface area contributed by atoms with Gasteiger partial charge in [-0.15, -0.1) is 11.3 Å². The molecule has 0 atom stereocenters. The summed E-state index contributed by atoms with van der Waals surface area (Å²) in [6.07, 6.45) is 0. The zero-order valence-corrected chi connectivity index (χ0v) is 15.9. The van der Waals surface area contributed by atoms with Gasteiger partial charge in [0, 0.05) is 11.1 Å². The summed E-state index contributed by atoms with van der Waals surface area (Å²) in [5.41, 5.74) is 6.67. The Bertz CT molecular complexity index is 993. The van der Waals surface area contributed by atoms with E-state index in [-0.39, 0.29) is 0 Å². The zero-order valence-electron chi connectivity index (χ0n) is 15.1. The second-order valence-corrected chi connectivity index (χ2v) is 6.80. The molecule has 5 nitrogen and oxygen atoms in total. The summed E-state index contributed by atoms with van der Waals surface area (Å²) in [4.78, 5) is 5.84. The fourth-order valence-electron chi connectivity index (χ4n) is 2.86. The minimum Gasteiger partial charge on any atom is -0.497 e. The number of hydrogen-bond donors (Lipinski definition) is 1. The van der Waals surface area contributed by atoms with Crippen LogP contribution < -0.4 is 14.9 Å². The van der Waals surface area contributed by atoms with Gasteiger partial charge in [0.25, 0.3) is 0 Å². The maximum Gasteiger partial charge on any atom is 0.164 e. The fourth-order valence-corrected chi connectivity index (χ4v) is 3.53. The predicted octanol–water partition coefficient (Wildman–Crippen LogP) is 4.59. The number of thiophene rings is 1. The van der Waals surface area contributed by atoms with Crippen molar-refractivity contribution in [2.75, 3.05) is 13.7 Å². The number of nitrogens with one attached hydrogen (secondary N) is 1. The number of hydrazone groups is 1. The van der Waals surface area contributed by atoms with E-state index in [9.17, 15) is 0 Å². The van der Waals surface area contributed by atoms with Crippen LogP contribution in [0.5, 0.6) is 11.5 Å². The molecule has 0 radical (unpaired) electrons. The fraction of sp³-hybridized carbons (Fsp3) is 0.143. The van der Waals surface area contributed by atoms with Crippen molar-refractivity contribution >= 4 is 28.6 Å². The summed E-state index contributed by atoms with van der Waals surface area (Å²) in [6.45, 7) is 2.61. The molecule has 2 aromatic carbocycles. The van der Waals surface area contributed by atoms with Crippen LogP contribution >= 0.6 is 11.3 Å². The second-order valence-electron chi connectivity index (χ2n) is 5.85. The van der Waals surface area contributed by atoms with Crippen molar-refractivity contribution in [2.45, 2.75) is 6.92 Å². The van der Waals surface area contributed by atoms with E-state index in [2.05, 4.69) is 10.5 Å². The van der Waals surface area contributed by atoms with Crippen molar-refractivity contribution in [2.24, 2.45) is 10.1 Å². The van der Waals surface area contributed by atoms with E-state index in [4.69, 9.17) is 14.5 Å². The summed E-state index contributed by atoms with van der Waals surface area (Å²) in [5.74, 6) is 2.34. The van der Waals surface area contributed by atoms with E-state index in [1.807, 2.05) is 66.9 Å². The molecule has 0 amide bonds. The maximum atomic E-state index is 5.55. The van der Waals surface area contributed by atoms with Crippen LogP contribution in [0.3, 0.4) is 0 Å². The van der Waals surface area contributed by atoms with Crippen molar-refractivity contribution in [3.8, 4) is 11.5 Å². The van der Waals surface area contributed by atoms with Gasteiger partial charge in [-0.1, -0.05) is 6.07 Å². The van der Waals surface area contributed by atoms with Crippen LogP contribution in [0, 0.1) is 0 Å². The van der Waals surface area contributed by atoms with E-state index in [1.54, 1.807) is 18.4 Å². The number of aliphatic imine (C=N–C) groups is 1. The smallest absolute Gasteiger partial charge is 0.164 e. The van der Waals surface area contributed by atoms with Crippen LogP contribution in [0.25, 0.3) is 0 Å². The minimum absolute atomic E-state index is 0.639. The number of methoxy groups -OCH3 is 1. The lowest BCUT2D eigenvalue weighted by atomic mass is 10.0. The van der Waals surface area contributed by atoms with E-state index in [0.717, 1.165) is 44.7 Å². The van der Waals surface area contributed by atoms with E-state index in [0.29, 0.717) is 6.61 Å². The molecule has 0 saturated heterocycles. The van der Waals surface area contributed by atoms with Crippen LogP contribution in [0.15, 0.2) is 70.1 Å². The van der Waals surface area contributed by atoms with Gasteiger partial charge in [-0.05, 0) is 60.8 Å². The van der Waals surface area contributed by atoms with Crippen LogP contribution in [0.2, 0.25) is 0 Å². The number of nitrogens with zero attached hydrogens (tertiary/aromatic N) is 2. The Morgan fingerprint density at radius 3 is 2.56 bits per heavy atom. The van der Waals surface area contributed by atoms with Gasteiger partial charge in [0.1, 0.15) is 17.2 Å². The summed E-state index contributed by atoms with van der Waals surface area (Å²) in [5, 5.41) is 6.69. The number of hydrogen-bond acceptors (Lipinski definition) is 6. The van der Waals surface area contributed by atoms with Crippen LogP contribution in [-0.2, 0) is 0 Å². The second kappa shape index (κ2) is 7.63. The molecule has 0 saturated carbocycles. The molecular formula is C21H19N3O2S. The highest BCUT2D eigenvalue weighted by molar-refractivity contribution is 7.12. The van der Waals surface area contributed by atoms with E-state index < -0.39 is 0 Å². The van der Waals surface area contributed by atoms with Gasteiger partial charge in [0.15, 0.2) is 5.84 Å². The molecule has 4 rings (SSSR count). The normalized spacial score (nSPS) is 13.0. The summed E-state index contributed by atoms with van der Waals surface area (Å²) < 4.78 is 11.0. The zero-order chi connectivity index (χ0) is 18.6. The Hall–Kier alpha value is -3.12. The largest absolute Gasteiger partial charge is 0.497 e. The number of benzene rings is 2. The lowest BCUT2D eigenvalue weighted by molar-refractivity contribution is 0.340. The van der Waals surface area contributed by atoms with Crippen molar-refractivity contribution in [1.82, 2.24) is 5.43 Å². The van der Waals surface area contributed by atoms with Crippen LogP contribution in [-0.4, -0.2) is 25.3 Å². The number of ether oxygens (including phenoxy) is 2. The number of fused-ring (bicyclic) bond motifs is 1. The van der Waals surface area contributed by atoms with Crippen molar-refractivity contribution < 1.29 is 9.47 Å². The average molecular weight is 377 g/mol. The van der Waals surface area contributed by atoms with Crippen molar-refractivity contribution in [3.63, 3.8) is 0 Å². The van der Waals surface area contributed by atoms with Crippen molar-refractivity contribution in [1.29, 1.82) is 0 Å². The van der Waals surface area contributed by atoms with Gasteiger partial charge in [0.05, 0.1) is 24.3 Å². The highest BCUT2D eigenvalue weighted by Gasteiger charge is 2.18. The first-order valence-electron chi connectivity index (χ1n) is 8.66. The Morgan fingerprint density at radius 1 is 1.04 bits per heavy atom. The Morgan fingerprint density at radius 2 is 1.85 bits per heavy atom. The van der Waals surface area contributed by atoms with E-state index >= 15 is 0 Å². The third kappa shape index (κ3) is 3.57. The molecular weight excluding hydrogens is 358 g/mol. The molecule has 0 unspecified atom stereocenters. The Labute approximate surface area is 162 Å². The highest BCUT2D eigenvalue weighted by atomic mass is 32.1. The molecule has 0 fully saturated rings. The molecule has 1 aliphatic rings. The molecule has 27 heavy (non-hydrogen) atoms. The molecule has 1 aliphatic heterocycles.